The van der Waals surface area contributed by atoms with E-state index in [2.05, 4.69) is 130 Å². The van der Waals surface area contributed by atoms with E-state index in [-0.39, 0.29) is 31.6 Å². The van der Waals surface area contributed by atoms with Crippen LogP contribution in [0.5, 0.6) is 0 Å². The SMILES string of the molecule is CC/C=C\C/C=C\C/C=C\C/C=C\C/C=C\C/C=C\CCC(=O)OC(COC(=O)CCCCCCC/C=C\CCCCCC)COC(=O)CCCCCCCCCC/C=C\C/C=C\C/C=C\CCCCCCC. The van der Waals surface area contributed by atoms with Crippen LogP contribution in [0.1, 0.15) is 265 Å². The van der Waals surface area contributed by atoms with Gasteiger partial charge in [-0.05, 0) is 122 Å². The summed E-state index contributed by atoms with van der Waals surface area (Å²) in [5.41, 5.74) is 0. The Labute approximate surface area is 450 Å². The number of rotatable bonds is 53. The van der Waals surface area contributed by atoms with Gasteiger partial charge in [-0.1, -0.05) is 245 Å². The largest absolute Gasteiger partial charge is 0.462 e. The second-order valence-electron chi connectivity index (χ2n) is 19.5. The van der Waals surface area contributed by atoms with Gasteiger partial charge >= 0.3 is 17.9 Å². The first-order valence-electron chi connectivity index (χ1n) is 30.0. The predicted molar refractivity (Wildman–Crippen MR) is 316 cm³/mol. The molecule has 0 aliphatic carbocycles. The molecule has 0 aromatic rings. The van der Waals surface area contributed by atoms with Crippen molar-refractivity contribution < 1.29 is 28.6 Å². The first-order chi connectivity index (χ1) is 36.0. The summed E-state index contributed by atoms with van der Waals surface area (Å²) in [6.45, 7) is 6.42. The highest BCUT2D eigenvalue weighted by atomic mass is 16.6. The molecule has 1 unspecified atom stereocenters. The van der Waals surface area contributed by atoms with Crippen molar-refractivity contribution in [2.45, 2.75) is 271 Å². The molecular formula is C67H110O6. The maximum absolute atomic E-state index is 12.8. The fourth-order valence-electron chi connectivity index (χ4n) is 7.94. The molecule has 73 heavy (non-hydrogen) atoms. The number of carbonyl (C=O) groups is 3. The number of esters is 3. The van der Waals surface area contributed by atoms with Crippen LogP contribution in [-0.2, 0) is 28.6 Å². The lowest BCUT2D eigenvalue weighted by molar-refractivity contribution is -0.166. The van der Waals surface area contributed by atoms with E-state index in [0.29, 0.717) is 19.3 Å². The smallest absolute Gasteiger partial charge is 0.306 e. The molecular weight excluding hydrogens is 901 g/mol. The third kappa shape index (κ3) is 58.6. The Morgan fingerprint density at radius 2 is 0.562 bits per heavy atom. The second kappa shape index (κ2) is 60.4. The Morgan fingerprint density at radius 3 is 0.918 bits per heavy atom. The molecule has 0 aromatic carbocycles. The van der Waals surface area contributed by atoms with Crippen molar-refractivity contribution in [2.24, 2.45) is 0 Å². The zero-order valence-corrected chi connectivity index (χ0v) is 47.4. The third-order valence-electron chi connectivity index (χ3n) is 12.4. The van der Waals surface area contributed by atoms with Gasteiger partial charge in [-0.3, -0.25) is 14.4 Å². The number of allylic oxidation sites excluding steroid dienone is 20. The summed E-state index contributed by atoms with van der Waals surface area (Å²) in [6, 6.07) is 0. The Morgan fingerprint density at radius 1 is 0.288 bits per heavy atom. The van der Waals surface area contributed by atoms with Crippen LogP contribution in [0.15, 0.2) is 122 Å². The predicted octanol–water partition coefficient (Wildman–Crippen LogP) is 20.4. The van der Waals surface area contributed by atoms with Crippen LogP contribution >= 0.6 is 0 Å². The standard InChI is InChI=1S/C67H110O6/c1-4-7-10-13-16-19-22-25-27-29-31-32-33-34-36-37-39-42-45-48-51-54-57-60-66(69)72-63-64(62-71-65(68)59-56-53-50-47-44-41-24-21-18-15-12-9-6-3)73-67(70)61-58-55-52-49-46-43-40-38-35-30-28-26-23-20-17-14-11-8-5-2/h8,11,17,20-22,24-26,28-29,31,33-35,38,43,46,52,55,64H,4-7,9-10,12-16,18-19,23,27,30,32,36-37,39-42,44-45,47-51,53-54,56-63H2,1-3H3/b11-8-,20-17-,24-21-,25-22-,28-26-,31-29-,34-33-,38-35-,46-43-,55-52-. The maximum atomic E-state index is 12.8. The van der Waals surface area contributed by atoms with Crippen LogP contribution in [0.25, 0.3) is 0 Å². The van der Waals surface area contributed by atoms with Gasteiger partial charge in [-0.2, -0.15) is 0 Å². The lowest BCUT2D eigenvalue weighted by Gasteiger charge is -2.18. The highest BCUT2D eigenvalue weighted by Crippen LogP contribution is 2.14. The van der Waals surface area contributed by atoms with E-state index in [1.807, 2.05) is 12.2 Å². The van der Waals surface area contributed by atoms with Gasteiger partial charge in [0.1, 0.15) is 13.2 Å². The van der Waals surface area contributed by atoms with E-state index in [4.69, 9.17) is 14.2 Å². The van der Waals surface area contributed by atoms with Crippen molar-refractivity contribution in [1.29, 1.82) is 0 Å². The molecule has 0 aromatic heterocycles. The first-order valence-corrected chi connectivity index (χ1v) is 30.0. The molecule has 0 amide bonds. The number of unbranched alkanes of at least 4 members (excludes halogenated alkanes) is 22. The number of hydrogen-bond donors (Lipinski definition) is 0. The summed E-state index contributed by atoms with van der Waals surface area (Å²) in [6.07, 6.45) is 83.5. The number of carbonyl (C=O) groups excluding carboxylic acids is 3. The molecule has 0 radical (unpaired) electrons. The average molecular weight is 1010 g/mol. The van der Waals surface area contributed by atoms with Crippen LogP contribution in [0.3, 0.4) is 0 Å². The van der Waals surface area contributed by atoms with Gasteiger partial charge in [0.15, 0.2) is 6.10 Å². The molecule has 0 aliphatic rings. The van der Waals surface area contributed by atoms with Gasteiger partial charge < -0.3 is 14.2 Å². The molecule has 6 nitrogen and oxygen atoms in total. The van der Waals surface area contributed by atoms with Gasteiger partial charge in [0, 0.05) is 19.3 Å². The van der Waals surface area contributed by atoms with E-state index in [9.17, 15) is 14.4 Å². The Balaban J connectivity index is 4.48. The van der Waals surface area contributed by atoms with E-state index in [0.717, 1.165) is 109 Å². The van der Waals surface area contributed by atoms with Crippen molar-refractivity contribution in [1.82, 2.24) is 0 Å². The molecule has 0 saturated heterocycles. The summed E-state index contributed by atoms with van der Waals surface area (Å²) < 4.78 is 16.8. The van der Waals surface area contributed by atoms with Crippen molar-refractivity contribution in [2.75, 3.05) is 13.2 Å². The first kappa shape index (κ1) is 68.8. The summed E-state index contributed by atoms with van der Waals surface area (Å²) in [4.78, 5) is 38.2. The number of hydrogen-bond acceptors (Lipinski definition) is 6. The Bertz CT molecular complexity index is 1540. The van der Waals surface area contributed by atoms with Gasteiger partial charge in [-0.15, -0.1) is 0 Å². The molecule has 0 heterocycles. The topological polar surface area (TPSA) is 78.9 Å². The highest BCUT2D eigenvalue weighted by molar-refractivity contribution is 5.71. The van der Waals surface area contributed by atoms with Crippen LogP contribution in [0.4, 0.5) is 0 Å². The normalized spacial score (nSPS) is 13.0. The summed E-state index contributed by atoms with van der Waals surface area (Å²) >= 11 is 0. The minimum Gasteiger partial charge on any atom is -0.462 e. The molecule has 0 N–H and O–H groups in total. The van der Waals surface area contributed by atoms with Crippen LogP contribution in [0, 0.1) is 0 Å². The lowest BCUT2D eigenvalue weighted by Crippen LogP contribution is -2.30. The molecule has 0 spiro atoms. The molecule has 0 aliphatic heterocycles. The van der Waals surface area contributed by atoms with E-state index < -0.39 is 12.1 Å². The fraction of sp³-hybridized carbons (Fsp3) is 0.657. The summed E-state index contributed by atoms with van der Waals surface area (Å²) in [5, 5.41) is 0. The van der Waals surface area contributed by atoms with Crippen molar-refractivity contribution in [3.05, 3.63) is 122 Å². The van der Waals surface area contributed by atoms with Gasteiger partial charge in [0.2, 0.25) is 0 Å². The van der Waals surface area contributed by atoms with Gasteiger partial charge in [0.05, 0.1) is 0 Å². The Kier molecular flexibility index (Phi) is 56.9. The lowest BCUT2D eigenvalue weighted by atomic mass is 10.1. The van der Waals surface area contributed by atoms with Crippen LogP contribution < -0.4 is 0 Å². The maximum Gasteiger partial charge on any atom is 0.306 e. The van der Waals surface area contributed by atoms with E-state index >= 15 is 0 Å². The Hall–Kier alpha value is -4.19. The fourth-order valence-corrected chi connectivity index (χ4v) is 7.94. The molecule has 0 bridgehead atoms. The van der Waals surface area contributed by atoms with Crippen molar-refractivity contribution in [3.8, 4) is 0 Å². The third-order valence-corrected chi connectivity index (χ3v) is 12.4. The molecule has 414 valence electrons. The zero-order chi connectivity index (χ0) is 52.9. The molecule has 0 fully saturated rings. The molecule has 0 rings (SSSR count). The molecule has 1 atom stereocenters. The minimum atomic E-state index is -0.829. The monoisotopic (exact) mass is 1010 g/mol. The zero-order valence-electron chi connectivity index (χ0n) is 47.4. The van der Waals surface area contributed by atoms with E-state index in [1.54, 1.807) is 0 Å². The van der Waals surface area contributed by atoms with Gasteiger partial charge in [-0.25, -0.2) is 0 Å². The average Bonchev–Trinajstić information content (AvgIpc) is 3.39. The summed E-state index contributed by atoms with van der Waals surface area (Å²) in [7, 11) is 0. The van der Waals surface area contributed by atoms with Crippen LogP contribution in [0.2, 0.25) is 0 Å². The van der Waals surface area contributed by atoms with Crippen LogP contribution in [-0.4, -0.2) is 37.2 Å². The van der Waals surface area contributed by atoms with Crippen molar-refractivity contribution >= 4 is 17.9 Å². The second-order valence-corrected chi connectivity index (χ2v) is 19.5. The van der Waals surface area contributed by atoms with Gasteiger partial charge in [0.25, 0.3) is 0 Å². The minimum absolute atomic E-state index is 0.117. The molecule has 0 saturated carbocycles. The molecule has 6 heteroatoms. The quantitative estimate of drug-likeness (QED) is 0.0261. The van der Waals surface area contributed by atoms with E-state index in [1.165, 1.54) is 109 Å². The number of ether oxygens (including phenoxy) is 3. The summed E-state index contributed by atoms with van der Waals surface area (Å²) in [5.74, 6) is -1.02. The highest BCUT2D eigenvalue weighted by Gasteiger charge is 2.19. The van der Waals surface area contributed by atoms with Crippen molar-refractivity contribution in [3.63, 3.8) is 0 Å².